The Morgan fingerprint density at radius 3 is 2.78 bits per heavy atom. The van der Waals surface area contributed by atoms with Crippen molar-refractivity contribution in [1.29, 1.82) is 0 Å². The Labute approximate surface area is 106 Å². The van der Waals surface area contributed by atoms with Crippen molar-refractivity contribution in [3.8, 4) is 5.88 Å². The monoisotopic (exact) mass is 247 g/mol. The minimum atomic E-state index is -0.486. The van der Waals surface area contributed by atoms with Crippen LogP contribution in [0, 0.1) is 0 Å². The molecule has 0 bridgehead atoms. The van der Waals surface area contributed by atoms with E-state index in [1.165, 1.54) is 0 Å². The smallest absolute Gasteiger partial charge is 0.213 e. The average molecular weight is 247 g/mol. The molecule has 0 aliphatic rings. The van der Waals surface area contributed by atoms with E-state index in [4.69, 9.17) is 10.5 Å². The van der Waals surface area contributed by atoms with Gasteiger partial charge in [0.15, 0.2) is 0 Å². The molecule has 6 heteroatoms. The molecule has 0 saturated heterocycles. The Balaban J connectivity index is 2.16. The van der Waals surface area contributed by atoms with Crippen molar-refractivity contribution >= 4 is 0 Å². The highest BCUT2D eigenvalue weighted by atomic mass is 16.5. The van der Waals surface area contributed by atoms with Crippen LogP contribution in [-0.4, -0.2) is 27.1 Å². The third kappa shape index (κ3) is 2.84. The molecule has 0 aliphatic heterocycles. The van der Waals surface area contributed by atoms with Crippen LogP contribution < -0.4 is 10.5 Å². The minimum absolute atomic E-state index is 0.486. The number of aromatic nitrogens is 4. The molecule has 2 rings (SSSR count). The van der Waals surface area contributed by atoms with E-state index in [1.54, 1.807) is 17.9 Å². The van der Waals surface area contributed by atoms with E-state index >= 15 is 0 Å². The van der Waals surface area contributed by atoms with Crippen molar-refractivity contribution in [2.24, 2.45) is 5.73 Å². The lowest BCUT2D eigenvalue weighted by Crippen LogP contribution is -2.29. The predicted molar refractivity (Wildman–Crippen MR) is 67.1 cm³/mol. The van der Waals surface area contributed by atoms with Crippen LogP contribution in [0.4, 0.5) is 0 Å². The fourth-order valence-corrected chi connectivity index (χ4v) is 1.50. The van der Waals surface area contributed by atoms with Gasteiger partial charge < -0.3 is 10.5 Å². The fourth-order valence-electron chi connectivity index (χ4n) is 1.50. The van der Waals surface area contributed by atoms with Crippen molar-refractivity contribution in [1.82, 2.24) is 20.0 Å². The topological polar surface area (TPSA) is 78.9 Å². The van der Waals surface area contributed by atoms with E-state index < -0.39 is 5.54 Å². The lowest BCUT2D eigenvalue weighted by molar-refractivity contribution is 0.395. The molecule has 0 atom stereocenters. The van der Waals surface area contributed by atoms with Gasteiger partial charge in [0.1, 0.15) is 5.69 Å². The Hall–Kier alpha value is -1.95. The van der Waals surface area contributed by atoms with Gasteiger partial charge in [0, 0.05) is 6.07 Å². The highest BCUT2D eigenvalue weighted by Gasteiger charge is 2.18. The number of hydrogen-bond donors (Lipinski definition) is 1. The van der Waals surface area contributed by atoms with Gasteiger partial charge in [0.25, 0.3) is 0 Å². The van der Waals surface area contributed by atoms with E-state index in [0.717, 1.165) is 11.4 Å². The molecule has 0 unspecified atom stereocenters. The van der Waals surface area contributed by atoms with Gasteiger partial charge in [0.05, 0.1) is 31.1 Å². The van der Waals surface area contributed by atoms with Crippen LogP contribution in [0.1, 0.15) is 25.2 Å². The summed E-state index contributed by atoms with van der Waals surface area (Å²) in [7, 11) is 1.59. The van der Waals surface area contributed by atoms with Gasteiger partial charge in [-0.3, -0.25) is 0 Å². The van der Waals surface area contributed by atoms with Crippen molar-refractivity contribution in [2.75, 3.05) is 7.11 Å². The van der Waals surface area contributed by atoms with Crippen LogP contribution in [0.3, 0.4) is 0 Å². The molecule has 6 nitrogen and oxygen atoms in total. The fraction of sp³-hybridized carbons (Fsp3) is 0.417. The summed E-state index contributed by atoms with van der Waals surface area (Å²) >= 11 is 0. The average Bonchev–Trinajstić information content (AvgIpc) is 2.77. The zero-order valence-corrected chi connectivity index (χ0v) is 10.8. The van der Waals surface area contributed by atoms with Gasteiger partial charge in [-0.25, -0.2) is 9.67 Å². The first kappa shape index (κ1) is 12.5. The number of nitrogens with two attached hydrogens (primary N) is 1. The number of hydrogen-bond acceptors (Lipinski definition) is 5. The summed E-state index contributed by atoms with van der Waals surface area (Å²) < 4.78 is 6.79. The van der Waals surface area contributed by atoms with Gasteiger partial charge in [0.2, 0.25) is 5.88 Å². The van der Waals surface area contributed by atoms with Gasteiger partial charge in [-0.1, -0.05) is 11.3 Å². The summed E-state index contributed by atoms with van der Waals surface area (Å²) in [4.78, 5) is 4.32. The maximum Gasteiger partial charge on any atom is 0.213 e. The van der Waals surface area contributed by atoms with Crippen LogP contribution in [0.15, 0.2) is 24.4 Å². The third-order valence-corrected chi connectivity index (χ3v) is 2.51. The van der Waals surface area contributed by atoms with E-state index in [2.05, 4.69) is 15.3 Å². The van der Waals surface area contributed by atoms with Crippen LogP contribution in [-0.2, 0) is 12.1 Å². The number of pyridine rings is 1. The molecular formula is C12H17N5O. The molecular weight excluding hydrogens is 230 g/mol. The molecule has 96 valence electrons. The van der Waals surface area contributed by atoms with Crippen LogP contribution in [0.25, 0.3) is 0 Å². The lowest BCUT2D eigenvalue weighted by Gasteiger charge is -2.13. The lowest BCUT2D eigenvalue weighted by atomic mass is 10.0. The highest BCUT2D eigenvalue weighted by molar-refractivity contribution is 5.16. The van der Waals surface area contributed by atoms with E-state index in [9.17, 15) is 0 Å². The number of nitrogens with zero attached hydrogens (tertiary/aromatic N) is 4. The quantitative estimate of drug-likeness (QED) is 0.869. The Morgan fingerprint density at radius 2 is 2.17 bits per heavy atom. The van der Waals surface area contributed by atoms with Crippen molar-refractivity contribution in [3.63, 3.8) is 0 Å². The van der Waals surface area contributed by atoms with Crippen molar-refractivity contribution in [3.05, 3.63) is 35.8 Å². The Kier molecular flexibility index (Phi) is 3.29. The normalized spacial score (nSPS) is 11.6. The molecule has 2 aromatic heterocycles. The van der Waals surface area contributed by atoms with Gasteiger partial charge in [-0.05, 0) is 19.9 Å². The number of methoxy groups -OCH3 is 1. The standard InChI is InChI=1S/C12H17N5O/c1-12(2,13)10-8-17(16-15-10)7-9-5-4-6-11(14-9)18-3/h4-6,8H,7,13H2,1-3H3. The summed E-state index contributed by atoms with van der Waals surface area (Å²) in [5, 5.41) is 8.09. The largest absolute Gasteiger partial charge is 0.481 e. The summed E-state index contributed by atoms with van der Waals surface area (Å²) in [5.74, 6) is 0.590. The van der Waals surface area contributed by atoms with E-state index in [0.29, 0.717) is 12.4 Å². The van der Waals surface area contributed by atoms with Crippen LogP contribution in [0.2, 0.25) is 0 Å². The second kappa shape index (κ2) is 4.73. The molecule has 0 amide bonds. The second-order valence-electron chi connectivity index (χ2n) is 4.69. The Bertz CT molecular complexity index is 529. The van der Waals surface area contributed by atoms with E-state index in [1.807, 2.05) is 32.2 Å². The summed E-state index contributed by atoms with van der Waals surface area (Å²) in [5.41, 5.74) is 7.09. The molecule has 0 radical (unpaired) electrons. The summed E-state index contributed by atoms with van der Waals surface area (Å²) in [6.07, 6.45) is 1.83. The van der Waals surface area contributed by atoms with Crippen molar-refractivity contribution in [2.45, 2.75) is 25.9 Å². The Morgan fingerprint density at radius 1 is 1.39 bits per heavy atom. The first-order valence-corrected chi connectivity index (χ1v) is 5.68. The van der Waals surface area contributed by atoms with E-state index in [-0.39, 0.29) is 0 Å². The number of rotatable bonds is 4. The molecule has 0 aromatic carbocycles. The first-order chi connectivity index (χ1) is 8.49. The zero-order chi connectivity index (χ0) is 13.2. The van der Waals surface area contributed by atoms with Gasteiger partial charge >= 0.3 is 0 Å². The second-order valence-corrected chi connectivity index (χ2v) is 4.69. The van der Waals surface area contributed by atoms with Crippen LogP contribution in [0.5, 0.6) is 5.88 Å². The molecule has 0 fully saturated rings. The predicted octanol–water partition coefficient (Wildman–Crippen LogP) is 0.924. The summed E-state index contributed by atoms with van der Waals surface area (Å²) in [6.45, 7) is 4.33. The summed E-state index contributed by atoms with van der Waals surface area (Å²) in [6, 6.07) is 5.61. The van der Waals surface area contributed by atoms with Gasteiger partial charge in [-0.2, -0.15) is 0 Å². The zero-order valence-electron chi connectivity index (χ0n) is 10.8. The van der Waals surface area contributed by atoms with Crippen molar-refractivity contribution < 1.29 is 4.74 Å². The SMILES string of the molecule is COc1cccc(Cn2cc(C(C)(C)N)nn2)n1. The molecule has 0 saturated carbocycles. The first-order valence-electron chi connectivity index (χ1n) is 5.68. The number of ether oxygens (including phenoxy) is 1. The maximum absolute atomic E-state index is 5.96. The third-order valence-electron chi connectivity index (χ3n) is 2.51. The van der Waals surface area contributed by atoms with Gasteiger partial charge in [-0.15, -0.1) is 5.10 Å². The molecule has 0 aliphatic carbocycles. The van der Waals surface area contributed by atoms with Crippen LogP contribution >= 0.6 is 0 Å². The maximum atomic E-state index is 5.96. The highest BCUT2D eigenvalue weighted by Crippen LogP contribution is 2.13. The molecule has 0 spiro atoms. The minimum Gasteiger partial charge on any atom is -0.481 e. The molecule has 18 heavy (non-hydrogen) atoms. The molecule has 2 heterocycles. The molecule has 2 N–H and O–H groups in total. The molecule has 2 aromatic rings.